The minimum atomic E-state index is 0.449. The first kappa shape index (κ1) is 11.9. The summed E-state index contributed by atoms with van der Waals surface area (Å²) in [5.74, 6) is 0. The minimum absolute atomic E-state index is 0.449. The normalized spacial score (nSPS) is 19.4. The smallest absolute Gasteiger partial charge is 0.101 e. The molecule has 0 spiro atoms. The van der Waals surface area contributed by atoms with Gasteiger partial charge >= 0.3 is 0 Å². The topological polar surface area (TPSA) is 52.0 Å². The fourth-order valence-electron chi connectivity index (χ4n) is 2.70. The Morgan fingerprint density at radius 3 is 3.11 bits per heavy atom. The van der Waals surface area contributed by atoms with E-state index in [1.807, 2.05) is 24.3 Å². The quantitative estimate of drug-likeness (QED) is 0.842. The van der Waals surface area contributed by atoms with Crippen LogP contribution in [0.2, 0.25) is 0 Å². The van der Waals surface area contributed by atoms with Gasteiger partial charge in [0.05, 0.1) is 11.1 Å². The summed E-state index contributed by atoms with van der Waals surface area (Å²) in [6, 6.07) is 10.6. The highest BCUT2D eigenvalue weighted by molar-refractivity contribution is 5.95. The van der Waals surface area contributed by atoms with Crippen molar-refractivity contribution in [2.45, 2.75) is 13.0 Å². The lowest BCUT2D eigenvalue weighted by Crippen LogP contribution is -2.50. The SMILES string of the molecule is CC1CNCCN1c1ccc(C#N)c2ncccc12. The van der Waals surface area contributed by atoms with Crippen molar-refractivity contribution in [2.75, 3.05) is 24.5 Å². The van der Waals surface area contributed by atoms with Gasteiger partial charge in [-0.25, -0.2) is 0 Å². The van der Waals surface area contributed by atoms with Crippen molar-refractivity contribution in [1.29, 1.82) is 5.26 Å². The van der Waals surface area contributed by atoms with Crippen molar-refractivity contribution in [1.82, 2.24) is 10.3 Å². The Labute approximate surface area is 112 Å². The molecule has 0 aliphatic carbocycles. The molecular weight excluding hydrogens is 236 g/mol. The van der Waals surface area contributed by atoms with Gasteiger partial charge in [0.25, 0.3) is 0 Å². The maximum absolute atomic E-state index is 9.18. The lowest BCUT2D eigenvalue weighted by molar-refractivity contribution is 0.502. The van der Waals surface area contributed by atoms with E-state index in [0.717, 1.165) is 30.5 Å². The molecule has 0 bridgehead atoms. The van der Waals surface area contributed by atoms with Crippen LogP contribution in [0.4, 0.5) is 5.69 Å². The van der Waals surface area contributed by atoms with E-state index in [0.29, 0.717) is 11.6 Å². The molecule has 1 aliphatic rings. The van der Waals surface area contributed by atoms with Crippen LogP contribution in [0.15, 0.2) is 30.5 Å². The molecule has 1 aromatic heterocycles. The molecule has 0 saturated carbocycles. The maximum atomic E-state index is 9.18. The molecule has 96 valence electrons. The van der Waals surface area contributed by atoms with Crippen LogP contribution in [0.5, 0.6) is 0 Å². The van der Waals surface area contributed by atoms with Crippen LogP contribution < -0.4 is 10.2 Å². The van der Waals surface area contributed by atoms with Gasteiger partial charge in [-0.05, 0) is 31.2 Å². The molecule has 1 aliphatic heterocycles. The van der Waals surface area contributed by atoms with Gasteiger partial charge in [0.15, 0.2) is 0 Å². The van der Waals surface area contributed by atoms with Gasteiger partial charge in [0, 0.05) is 42.9 Å². The first-order valence-electron chi connectivity index (χ1n) is 6.56. The summed E-state index contributed by atoms with van der Waals surface area (Å²) in [6.07, 6.45) is 1.74. The molecule has 1 aromatic carbocycles. The second kappa shape index (κ2) is 4.87. The van der Waals surface area contributed by atoms with Gasteiger partial charge in [-0.2, -0.15) is 5.26 Å². The molecule has 1 fully saturated rings. The number of nitrogens with zero attached hydrogens (tertiary/aromatic N) is 3. The third-order valence-corrected chi connectivity index (χ3v) is 3.68. The van der Waals surface area contributed by atoms with E-state index >= 15 is 0 Å². The van der Waals surface area contributed by atoms with E-state index < -0.39 is 0 Å². The number of benzene rings is 1. The molecule has 4 nitrogen and oxygen atoms in total. The Morgan fingerprint density at radius 2 is 2.32 bits per heavy atom. The molecule has 1 atom stereocenters. The van der Waals surface area contributed by atoms with Crippen molar-refractivity contribution < 1.29 is 0 Å². The average Bonchev–Trinajstić information content (AvgIpc) is 2.47. The fourth-order valence-corrected chi connectivity index (χ4v) is 2.70. The Hall–Kier alpha value is -2.12. The fraction of sp³-hybridized carbons (Fsp3) is 0.333. The molecule has 2 aromatic rings. The van der Waals surface area contributed by atoms with Crippen LogP contribution in [-0.4, -0.2) is 30.7 Å². The van der Waals surface area contributed by atoms with Gasteiger partial charge < -0.3 is 10.2 Å². The van der Waals surface area contributed by atoms with Crippen LogP contribution in [0.1, 0.15) is 12.5 Å². The number of fused-ring (bicyclic) bond motifs is 1. The summed E-state index contributed by atoms with van der Waals surface area (Å²) in [4.78, 5) is 6.76. The van der Waals surface area contributed by atoms with E-state index in [1.165, 1.54) is 5.69 Å². The minimum Gasteiger partial charge on any atom is -0.366 e. The number of aromatic nitrogens is 1. The number of hydrogen-bond donors (Lipinski definition) is 1. The van der Waals surface area contributed by atoms with Crippen molar-refractivity contribution in [3.05, 3.63) is 36.0 Å². The zero-order valence-electron chi connectivity index (χ0n) is 10.9. The van der Waals surface area contributed by atoms with Crippen LogP contribution >= 0.6 is 0 Å². The lowest BCUT2D eigenvalue weighted by Gasteiger charge is -2.36. The number of pyridine rings is 1. The van der Waals surface area contributed by atoms with Gasteiger partial charge in [0.1, 0.15) is 6.07 Å². The summed E-state index contributed by atoms with van der Waals surface area (Å²) < 4.78 is 0. The molecular formula is C15H16N4. The first-order valence-corrected chi connectivity index (χ1v) is 6.56. The molecule has 0 amide bonds. The second-order valence-electron chi connectivity index (χ2n) is 4.89. The Kier molecular flexibility index (Phi) is 3.06. The average molecular weight is 252 g/mol. The van der Waals surface area contributed by atoms with Crippen molar-refractivity contribution in [3.8, 4) is 6.07 Å². The summed E-state index contributed by atoms with van der Waals surface area (Å²) >= 11 is 0. The highest BCUT2D eigenvalue weighted by atomic mass is 15.2. The first-order chi connectivity index (χ1) is 9.31. The highest BCUT2D eigenvalue weighted by Crippen LogP contribution is 2.29. The number of anilines is 1. The lowest BCUT2D eigenvalue weighted by atomic mass is 10.1. The number of rotatable bonds is 1. The number of nitrogens with one attached hydrogen (secondary N) is 1. The van der Waals surface area contributed by atoms with E-state index in [-0.39, 0.29) is 0 Å². The summed E-state index contributed by atoms with van der Waals surface area (Å²) in [5, 5.41) is 13.6. The molecule has 0 radical (unpaired) electrons. The van der Waals surface area contributed by atoms with Crippen LogP contribution in [0.3, 0.4) is 0 Å². The maximum Gasteiger partial charge on any atom is 0.101 e. The summed E-state index contributed by atoms with van der Waals surface area (Å²) in [6.45, 7) is 5.18. The number of hydrogen-bond acceptors (Lipinski definition) is 4. The molecule has 2 heterocycles. The van der Waals surface area contributed by atoms with E-state index in [1.54, 1.807) is 6.20 Å². The Balaban J connectivity index is 2.17. The Morgan fingerprint density at radius 1 is 1.42 bits per heavy atom. The van der Waals surface area contributed by atoms with E-state index in [4.69, 9.17) is 0 Å². The van der Waals surface area contributed by atoms with Crippen LogP contribution in [0, 0.1) is 11.3 Å². The van der Waals surface area contributed by atoms with Crippen LogP contribution in [0.25, 0.3) is 10.9 Å². The summed E-state index contributed by atoms with van der Waals surface area (Å²) in [5.41, 5.74) is 2.62. The third-order valence-electron chi connectivity index (χ3n) is 3.68. The van der Waals surface area contributed by atoms with E-state index in [9.17, 15) is 5.26 Å². The standard InChI is InChI=1S/C15H16N4/c1-11-10-17-7-8-19(11)14-5-4-12(9-16)15-13(14)3-2-6-18-15/h2-6,11,17H,7-8,10H2,1H3. The van der Waals surface area contributed by atoms with Crippen LogP contribution in [-0.2, 0) is 0 Å². The molecule has 1 N–H and O–H groups in total. The van der Waals surface area contributed by atoms with Gasteiger partial charge in [-0.3, -0.25) is 4.98 Å². The zero-order valence-corrected chi connectivity index (χ0v) is 10.9. The van der Waals surface area contributed by atoms with Crippen molar-refractivity contribution >= 4 is 16.6 Å². The molecule has 4 heteroatoms. The van der Waals surface area contributed by atoms with Gasteiger partial charge in [-0.15, -0.1) is 0 Å². The second-order valence-corrected chi connectivity index (χ2v) is 4.89. The Bertz CT molecular complexity index is 644. The number of piperazine rings is 1. The van der Waals surface area contributed by atoms with E-state index in [2.05, 4.69) is 28.2 Å². The number of nitriles is 1. The van der Waals surface area contributed by atoms with Gasteiger partial charge in [-0.1, -0.05) is 0 Å². The third kappa shape index (κ3) is 2.02. The molecule has 1 saturated heterocycles. The molecule has 1 unspecified atom stereocenters. The molecule has 3 rings (SSSR count). The predicted molar refractivity (Wildman–Crippen MR) is 76.1 cm³/mol. The predicted octanol–water partition coefficient (Wildman–Crippen LogP) is 1.90. The van der Waals surface area contributed by atoms with Crippen molar-refractivity contribution in [3.63, 3.8) is 0 Å². The monoisotopic (exact) mass is 252 g/mol. The zero-order chi connectivity index (χ0) is 13.2. The highest BCUT2D eigenvalue weighted by Gasteiger charge is 2.20. The summed E-state index contributed by atoms with van der Waals surface area (Å²) in [7, 11) is 0. The van der Waals surface area contributed by atoms with Gasteiger partial charge in [0.2, 0.25) is 0 Å². The van der Waals surface area contributed by atoms with Crippen molar-refractivity contribution in [2.24, 2.45) is 0 Å². The largest absolute Gasteiger partial charge is 0.366 e. The molecule has 19 heavy (non-hydrogen) atoms.